The van der Waals surface area contributed by atoms with Crippen molar-refractivity contribution >= 4 is 34.6 Å². The molecule has 0 unspecified atom stereocenters. The summed E-state index contributed by atoms with van der Waals surface area (Å²) in [5.74, 6) is -0.0857. The molecule has 1 aromatic carbocycles. The third-order valence-corrected chi connectivity index (χ3v) is 6.70. The second-order valence-corrected chi connectivity index (χ2v) is 8.94. The van der Waals surface area contributed by atoms with Crippen LogP contribution in [0.5, 0.6) is 0 Å². The van der Waals surface area contributed by atoms with Crippen molar-refractivity contribution in [2.75, 3.05) is 10.2 Å². The Labute approximate surface area is 193 Å². The maximum atomic E-state index is 11.4. The topological polar surface area (TPSA) is 62.2 Å². The van der Waals surface area contributed by atoms with Crippen LogP contribution < -0.4 is 15.5 Å². The molecule has 3 aromatic rings. The Morgan fingerprint density at radius 3 is 2.59 bits per heavy atom. The summed E-state index contributed by atoms with van der Waals surface area (Å²) in [6, 6.07) is 16.5. The summed E-state index contributed by atoms with van der Waals surface area (Å²) < 4.78 is 2.37. The predicted molar refractivity (Wildman–Crippen MR) is 131 cm³/mol. The van der Waals surface area contributed by atoms with Crippen LogP contribution in [0.15, 0.2) is 67.1 Å². The molecule has 2 aromatic heterocycles. The number of anilines is 2. The van der Waals surface area contributed by atoms with Crippen LogP contribution in [-0.2, 0) is 4.79 Å². The van der Waals surface area contributed by atoms with E-state index in [1.807, 2.05) is 48.7 Å². The van der Waals surface area contributed by atoms with E-state index in [0.29, 0.717) is 11.2 Å². The third-order valence-electron chi connectivity index (χ3n) is 6.39. The molecule has 1 aliphatic heterocycles. The molecule has 2 fully saturated rings. The first-order valence-electron chi connectivity index (χ1n) is 11.2. The van der Waals surface area contributed by atoms with Crippen LogP contribution in [0.2, 0.25) is 0 Å². The van der Waals surface area contributed by atoms with Crippen LogP contribution in [0.25, 0.3) is 0 Å². The van der Waals surface area contributed by atoms with Crippen LogP contribution in [-0.4, -0.2) is 20.6 Å². The number of hydrogen-bond donors (Lipinski definition) is 2. The zero-order valence-corrected chi connectivity index (χ0v) is 18.9. The van der Waals surface area contributed by atoms with Crippen LogP contribution in [0.4, 0.5) is 11.4 Å². The molecule has 2 N–H and O–H groups in total. The van der Waals surface area contributed by atoms with Crippen molar-refractivity contribution in [3.8, 4) is 0 Å². The number of carbonyl (C=O) groups excluding carboxylic acids is 1. The Balaban J connectivity index is 1.52. The maximum absolute atomic E-state index is 11.4. The van der Waals surface area contributed by atoms with Gasteiger partial charge in [0, 0.05) is 42.9 Å². The minimum absolute atomic E-state index is 0.0216. The molecule has 2 atom stereocenters. The van der Waals surface area contributed by atoms with Gasteiger partial charge in [0.15, 0.2) is 5.11 Å². The number of nitrogens with zero attached hydrogens (tertiary/aromatic N) is 3. The monoisotopic (exact) mass is 445 g/mol. The van der Waals surface area contributed by atoms with Gasteiger partial charge in [-0.3, -0.25) is 9.78 Å². The number of benzene rings is 1. The maximum Gasteiger partial charge on any atom is 0.221 e. The van der Waals surface area contributed by atoms with E-state index in [9.17, 15) is 4.79 Å². The minimum Gasteiger partial charge on any atom is -0.351 e. The van der Waals surface area contributed by atoms with E-state index in [1.165, 1.54) is 38.2 Å². The summed E-state index contributed by atoms with van der Waals surface area (Å²) in [5.41, 5.74) is 3.93. The lowest BCUT2D eigenvalue weighted by molar-refractivity contribution is -0.114. The van der Waals surface area contributed by atoms with Crippen LogP contribution in [0.1, 0.15) is 62.0 Å². The Morgan fingerprint density at radius 1 is 1.12 bits per heavy atom. The molecule has 0 spiro atoms. The Hall–Kier alpha value is -3.19. The molecule has 164 valence electrons. The first-order valence-corrected chi connectivity index (χ1v) is 11.6. The predicted octanol–water partition coefficient (Wildman–Crippen LogP) is 5.13. The number of carbonyl (C=O) groups is 1. The van der Waals surface area contributed by atoms with Gasteiger partial charge in [-0.05, 0) is 73.1 Å². The first kappa shape index (κ1) is 20.7. The number of thiocarbonyl (C=S) groups is 1. The third kappa shape index (κ3) is 4.00. The lowest BCUT2D eigenvalue weighted by Crippen LogP contribution is -2.29. The van der Waals surface area contributed by atoms with Gasteiger partial charge in [-0.2, -0.15) is 0 Å². The fourth-order valence-corrected chi connectivity index (χ4v) is 5.26. The van der Waals surface area contributed by atoms with Gasteiger partial charge in [0.1, 0.15) is 0 Å². The molecule has 5 rings (SSSR count). The number of pyridine rings is 1. The normalized spacial score (nSPS) is 21.0. The van der Waals surface area contributed by atoms with E-state index in [-0.39, 0.29) is 18.0 Å². The van der Waals surface area contributed by atoms with Gasteiger partial charge in [0.25, 0.3) is 0 Å². The second kappa shape index (κ2) is 8.74. The standard InChI is InChI=1S/C25H27N5OS/c1-17(31)27-19-9-11-21(12-10-19)30-24(18-13-15-29(16-18)20-6-2-3-7-20)23(28-25(30)32)22-8-4-5-14-26-22/h4-5,8-16,20,23-24H,2-3,6-7H2,1H3,(H,27,31)(H,28,32)/t23-,24+/m1/s1. The molecule has 7 heteroatoms. The van der Waals surface area contributed by atoms with E-state index < -0.39 is 0 Å². The van der Waals surface area contributed by atoms with Crippen LogP contribution >= 0.6 is 12.2 Å². The number of hydrogen-bond acceptors (Lipinski definition) is 3. The van der Waals surface area contributed by atoms with Gasteiger partial charge >= 0.3 is 0 Å². The molecule has 6 nitrogen and oxygen atoms in total. The number of nitrogens with one attached hydrogen (secondary N) is 2. The Bertz CT molecular complexity index is 1100. The van der Waals surface area contributed by atoms with Gasteiger partial charge in [0.05, 0.1) is 17.8 Å². The zero-order chi connectivity index (χ0) is 22.1. The van der Waals surface area contributed by atoms with E-state index >= 15 is 0 Å². The summed E-state index contributed by atoms with van der Waals surface area (Å²) >= 11 is 5.80. The Morgan fingerprint density at radius 2 is 1.91 bits per heavy atom. The molecular formula is C25H27N5OS. The minimum atomic E-state index is -0.0857. The first-order chi connectivity index (χ1) is 15.6. The highest BCUT2D eigenvalue weighted by Crippen LogP contribution is 2.42. The van der Waals surface area contributed by atoms with Crippen LogP contribution in [0, 0.1) is 0 Å². The van der Waals surface area contributed by atoms with Crippen molar-refractivity contribution in [3.63, 3.8) is 0 Å². The van der Waals surface area contributed by atoms with Gasteiger partial charge in [-0.15, -0.1) is 0 Å². The fourth-order valence-electron chi connectivity index (χ4n) is 4.92. The molecule has 1 saturated carbocycles. The summed E-state index contributed by atoms with van der Waals surface area (Å²) in [6.07, 6.45) is 11.4. The van der Waals surface area contributed by atoms with Crippen molar-refractivity contribution in [1.82, 2.24) is 14.9 Å². The molecule has 1 saturated heterocycles. The highest BCUT2D eigenvalue weighted by Gasteiger charge is 2.41. The SMILES string of the molecule is CC(=O)Nc1ccc(N2C(=S)N[C@H](c3ccccn3)[C@@H]2c2ccn(C3CCCC3)c2)cc1. The van der Waals surface area contributed by atoms with Gasteiger partial charge in [-0.25, -0.2) is 0 Å². The highest BCUT2D eigenvalue weighted by atomic mass is 32.1. The average molecular weight is 446 g/mol. The van der Waals surface area contributed by atoms with Gasteiger partial charge in [-0.1, -0.05) is 18.9 Å². The van der Waals surface area contributed by atoms with Crippen molar-refractivity contribution in [2.24, 2.45) is 0 Å². The fraction of sp³-hybridized carbons (Fsp3) is 0.320. The van der Waals surface area contributed by atoms with Crippen molar-refractivity contribution in [2.45, 2.75) is 50.7 Å². The van der Waals surface area contributed by atoms with Crippen molar-refractivity contribution in [1.29, 1.82) is 0 Å². The summed E-state index contributed by atoms with van der Waals surface area (Å²) in [7, 11) is 0. The largest absolute Gasteiger partial charge is 0.351 e. The second-order valence-electron chi connectivity index (χ2n) is 8.55. The molecule has 2 aliphatic rings. The zero-order valence-electron chi connectivity index (χ0n) is 18.1. The molecular weight excluding hydrogens is 418 g/mol. The number of rotatable bonds is 5. The van der Waals surface area contributed by atoms with Crippen molar-refractivity contribution < 1.29 is 4.79 Å². The van der Waals surface area contributed by atoms with Crippen LogP contribution in [0.3, 0.4) is 0 Å². The smallest absolute Gasteiger partial charge is 0.221 e. The van der Waals surface area contributed by atoms with E-state index in [4.69, 9.17) is 12.2 Å². The molecule has 0 bridgehead atoms. The summed E-state index contributed by atoms with van der Waals surface area (Å²) in [6.45, 7) is 1.51. The molecule has 32 heavy (non-hydrogen) atoms. The quantitative estimate of drug-likeness (QED) is 0.533. The van der Waals surface area contributed by atoms with E-state index in [2.05, 4.69) is 43.5 Å². The summed E-state index contributed by atoms with van der Waals surface area (Å²) in [4.78, 5) is 18.2. The van der Waals surface area contributed by atoms with Gasteiger partial charge < -0.3 is 20.1 Å². The lowest BCUT2D eigenvalue weighted by Gasteiger charge is -2.27. The molecule has 0 radical (unpaired) electrons. The molecule has 1 aliphatic carbocycles. The van der Waals surface area contributed by atoms with Crippen molar-refractivity contribution in [3.05, 3.63) is 78.4 Å². The number of aromatic nitrogens is 2. The van der Waals surface area contributed by atoms with E-state index in [0.717, 1.165) is 17.1 Å². The lowest BCUT2D eigenvalue weighted by atomic mass is 9.98. The molecule has 1 amide bonds. The average Bonchev–Trinajstić information content (AvgIpc) is 3.54. The molecule has 3 heterocycles. The Kier molecular flexibility index (Phi) is 5.66. The summed E-state index contributed by atoms with van der Waals surface area (Å²) in [5, 5.41) is 7.01. The van der Waals surface area contributed by atoms with Gasteiger partial charge in [0.2, 0.25) is 5.91 Å². The highest BCUT2D eigenvalue weighted by molar-refractivity contribution is 7.80. The van der Waals surface area contributed by atoms with E-state index in [1.54, 1.807) is 0 Å². The number of amides is 1.